The van der Waals surface area contributed by atoms with Crippen molar-refractivity contribution < 1.29 is 23.7 Å². The number of ether oxygens (including phenoxy) is 4. The van der Waals surface area contributed by atoms with Gasteiger partial charge in [-0.2, -0.15) is 5.26 Å². The zero-order valence-electron chi connectivity index (χ0n) is 30.3. The molecular formula is C42H48N4O5. The molecule has 3 unspecified atom stereocenters. The summed E-state index contributed by atoms with van der Waals surface area (Å²) in [6, 6.07) is 20.2. The van der Waals surface area contributed by atoms with Gasteiger partial charge in [0.2, 0.25) is 0 Å². The van der Waals surface area contributed by atoms with E-state index < -0.39 is 0 Å². The number of aryl methyl sites for hydroxylation is 1. The Morgan fingerprint density at radius 2 is 1.73 bits per heavy atom. The first-order valence-corrected chi connectivity index (χ1v) is 17.8. The lowest BCUT2D eigenvalue weighted by Crippen LogP contribution is -2.34. The number of esters is 1. The van der Waals surface area contributed by atoms with Crippen LogP contribution in [0.1, 0.15) is 65.1 Å². The molecule has 2 aliphatic rings. The summed E-state index contributed by atoms with van der Waals surface area (Å²) in [5.41, 5.74) is 8.80. The van der Waals surface area contributed by atoms with Crippen LogP contribution in [0.3, 0.4) is 0 Å². The lowest BCUT2D eigenvalue weighted by Gasteiger charge is -2.29. The van der Waals surface area contributed by atoms with Gasteiger partial charge >= 0.3 is 5.97 Å². The summed E-state index contributed by atoms with van der Waals surface area (Å²) in [4.78, 5) is 18.9. The lowest BCUT2D eigenvalue weighted by molar-refractivity contribution is -0.142. The van der Waals surface area contributed by atoms with E-state index in [0.29, 0.717) is 42.6 Å². The van der Waals surface area contributed by atoms with Crippen molar-refractivity contribution in [3.05, 3.63) is 106 Å². The highest BCUT2D eigenvalue weighted by molar-refractivity contribution is 5.78. The second-order valence-corrected chi connectivity index (χ2v) is 14.0. The van der Waals surface area contributed by atoms with Crippen molar-refractivity contribution >= 4 is 5.97 Å². The summed E-state index contributed by atoms with van der Waals surface area (Å²) < 4.78 is 24.6. The van der Waals surface area contributed by atoms with Crippen molar-refractivity contribution in [2.45, 2.75) is 78.9 Å². The number of carbonyl (C=O) groups excluding carboxylic acids is 1. The van der Waals surface area contributed by atoms with Crippen LogP contribution in [0.5, 0.6) is 17.2 Å². The fraction of sp³-hybridized carbons (Fsp3) is 0.405. The minimum atomic E-state index is -0.370. The minimum absolute atomic E-state index is 0.111. The summed E-state index contributed by atoms with van der Waals surface area (Å²) in [5, 5.41) is 12.7. The number of carbonyl (C=O) groups is 1. The molecule has 0 aliphatic carbocycles. The van der Waals surface area contributed by atoms with Crippen LogP contribution in [-0.2, 0) is 29.3 Å². The second kappa shape index (κ2) is 16.4. The van der Waals surface area contributed by atoms with Crippen LogP contribution in [0.15, 0.2) is 67.0 Å². The lowest BCUT2D eigenvalue weighted by atomic mass is 9.93. The maximum atomic E-state index is 12.3. The Morgan fingerprint density at radius 3 is 2.49 bits per heavy atom. The molecule has 4 aromatic rings. The Balaban J connectivity index is 1.19. The number of aromatic nitrogens is 1. The van der Waals surface area contributed by atoms with E-state index in [-0.39, 0.29) is 24.7 Å². The van der Waals surface area contributed by atoms with Crippen molar-refractivity contribution in [1.82, 2.24) is 15.2 Å². The number of cyclic esters (lactones) is 1. The maximum absolute atomic E-state index is 12.3. The van der Waals surface area contributed by atoms with E-state index in [2.05, 4.69) is 78.6 Å². The molecule has 2 saturated heterocycles. The molecule has 1 aromatic heterocycles. The van der Waals surface area contributed by atoms with Crippen LogP contribution in [0, 0.1) is 38.0 Å². The van der Waals surface area contributed by atoms with Gasteiger partial charge in [0.1, 0.15) is 48.7 Å². The fourth-order valence-corrected chi connectivity index (χ4v) is 7.07. The number of likely N-dealkylation sites (tertiary alicyclic amines) is 1. The number of pyridine rings is 1. The molecule has 9 heteroatoms. The van der Waals surface area contributed by atoms with E-state index in [4.69, 9.17) is 18.9 Å². The quantitative estimate of drug-likeness (QED) is 0.146. The average molecular weight is 689 g/mol. The Hall–Kier alpha value is -4.91. The molecule has 0 amide bonds. The van der Waals surface area contributed by atoms with Gasteiger partial charge in [-0.1, -0.05) is 30.3 Å². The van der Waals surface area contributed by atoms with Crippen LogP contribution >= 0.6 is 0 Å². The van der Waals surface area contributed by atoms with E-state index in [9.17, 15) is 10.1 Å². The van der Waals surface area contributed by atoms with E-state index in [1.54, 1.807) is 12.3 Å². The Bertz CT molecular complexity index is 1900. The third-order valence-electron chi connectivity index (χ3n) is 9.98. The molecule has 0 saturated carbocycles. The first-order valence-electron chi connectivity index (χ1n) is 17.8. The molecule has 2 aliphatic heterocycles. The second-order valence-electron chi connectivity index (χ2n) is 14.0. The average Bonchev–Trinajstić information content (AvgIpc) is 3.46. The molecule has 0 bridgehead atoms. The minimum Gasteiger partial charge on any atom is -0.493 e. The first kappa shape index (κ1) is 35.9. The number of rotatable bonds is 13. The molecule has 51 heavy (non-hydrogen) atoms. The molecule has 2 fully saturated rings. The normalized spacial score (nSPS) is 19.0. The van der Waals surface area contributed by atoms with Crippen LogP contribution in [-0.4, -0.2) is 54.7 Å². The van der Waals surface area contributed by atoms with Crippen LogP contribution in [0.2, 0.25) is 0 Å². The molecule has 3 heterocycles. The van der Waals surface area contributed by atoms with Gasteiger partial charge in [-0.15, -0.1) is 0 Å². The topological polar surface area (TPSA) is 106 Å². The number of piperidine rings is 1. The van der Waals surface area contributed by atoms with Gasteiger partial charge in [-0.05, 0) is 106 Å². The predicted octanol–water partition coefficient (Wildman–Crippen LogP) is 7.22. The van der Waals surface area contributed by atoms with Gasteiger partial charge in [0.05, 0.1) is 12.2 Å². The molecular weight excluding hydrogens is 640 g/mol. The van der Waals surface area contributed by atoms with Crippen molar-refractivity contribution in [2.75, 3.05) is 26.7 Å². The van der Waals surface area contributed by atoms with Crippen molar-refractivity contribution in [2.24, 2.45) is 5.92 Å². The van der Waals surface area contributed by atoms with Crippen molar-refractivity contribution in [1.29, 1.82) is 5.26 Å². The number of hydrogen-bond donors (Lipinski definition) is 1. The first-order chi connectivity index (χ1) is 24.7. The van der Waals surface area contributed by atoms with Gasteiger partial charge < -0.3 is 29.2 Å². The van der Waals surface area contributed by atoms with Gasteiger partial charge in [0.15, 0.2) is 0 Å². The van der Waals surface area contributed by atoms with E-state index in [0.717, 1.165) is 70.0 Å². The zero-order valence-corrected chi connectivity index (χ0v) is 30.3. The monoisotopic (exact) mass is 688 g/mol. The van der Waals surface area contributed by atoms with E-state index >= 15 is 0 Å². The smallest absolute Gasteiger partial charge is 0.323 e. The maximum Gasteiger partial charge on any atom is 0.323 e. The molecule has 0 radical (unpaired) electrons. The molecule has 3 atom stereocenters. The fourth-order valence-electron chi connectivity index (χ4n) is 7.07. The molecule has 1 N–H and O–H groups in total. The molecule has 0 spiro atoms. The van der Waals surface area contributed by atoms with Crippen molar-refractivity contribution in [3.8, 4) is 34.4 Å². The Kier molecular flexibility index (Phi) is 11.5. The largest absolute Gasteiger partial charge is 0.493 e. The van der Waals surface area contributed by atoms with E-state index in [1.807, 2.05) is 26.0 Å². The summed E-state index contributed by atoms with van der Waals surface area (Å²) in [7, 11) is 2.19. The number of hydrogen-bond acceptors (Lipinski definition) is 9. The summed E-state index contributed by atoms with van der Waals surface area (Å²) >= 11 is 0. The highest BCUT2D eigenvalue weighted by atomic mass is 16.6. The van der Waals surface area contributed by atoms with Crippen LogP contribution in [0.25, 0.3) is 11.1 Å². The predicted molar refractivity (Wildman–Crippen MR) is 197 cm³/mol. The molecule has 3 aromatic carbocycles. The van der Waals surface area contributed by atoms with E-state index in [1.165, 1.54) is 19.0 Å². The van der Waals surface area contributed by atoms with Crippen molar-refractivity contribution in [3.63, 3.8) is 0 Å². The van der Waals surface area contributed by atoms with Gasteiger partial charge in [0.25, 0.3) is 0 Å². The third-order valence-corrected chi connectivity index (χ3v) is 9.98. The molecule has 9 nitrogen and oxygen atoms in total. The molecule has 266 valence electrons. The SMILES string of the molecule is Cc1cc(CNC2CC(C)OC2=O)c(OCc2cncc(C#N)c2)cc1OCc1cccc(-c2cccc(OCC3CCCN(C)C3)c2C)c1C. The summed E-state index contributed by atoms with van der Waals surface area (Å²) in [6.07, 6.45) is 6.16. The zero-order chi connectivity index (χ0) is 35.9. The molecule has 6 rings (SSSR count). The number of nitriles is 1. The highest BCUT2D eigenvalue weighted by Crippen LogP contribution is 2.35. The van der Waals surface area contributed by atoms with Gasteiger partial charge in [-0.25, -0.2) is 0 Å². The highest BCUT2D eigenvalue weighted by Gasteiger charge is 2.31. The van der Waals surface area contributed by atoms with Gasteiger partial charge in [-0.3, -0.25) is 9.78 Å². The summed E-state index contributed by atoms with van der Waals surface area (Å²) in [5.74, 6) is 2.59. The summed E-state index contributed by atoms with van der Waals surface area (Å²) in [6.45, 7) is 12.2. The standard InChI is InChI=1S/C42H48N4O5/c1-27-15-35(22-45-38-16-28(2)51-42(38)47)41(49-25-33-17-32(19-43)20-44-21-33)18-40(27)50-26-34-10-6-11-36(29(34)3)37-12-7-13-39(30(37)4)48-24-31-9-8-14-46(5)23-31/h6-7,10-13,15,17-18,20-21,28,31,38,45H,8-9,14,16,22-26H2,1-5H3. The third kappa shape index (κ3) is 8.88. The Labute approximate surface area is 301 Å². The number of nitrogens with one attached hydrogen (secondary N) is 1. The number of nitrogens with zero attached hydrogens (tertiary/aromatic N) is 3. The number of benzene rings is 3. The van der Waals surface area contributed by atoms with Crippen LogP contribution in [0.4, 0.5) is 0 Å². The van der Waals surface area contributed by atoms with Crippen LogP contribution < -0.4 is 19.5 Å². The Morgan fingerprint density at radius 1 is 0.941 bits per heavy atom. The van der Waals surface area contributed by atoms with Gasteiger partial charge in [0, 0.05) is 55.0 Å².